The van der Waals surface area contributed by atoms with E-state index in [1.54, 1.807) is 28.6 Å². The van der Waals surface area contributed by atoms with Crippen LogP contribution in [0, 0.1) is 13.8 Å². The normalized spacial score (nSPS) is 12.7. The summed E-state index contributed by atoms with van der Waals surface area (Å²) < 4.78 is 3.19. The van der Waals surface area contributed by atoms with Gasteiger partial charge >= 0.3 is 5.69 Å². The maximum absolute atomic E-state index is 11.7. The topological polar surface area (TPSA) is 52.9 Å². The molecule has 2 rings (SSSR count). The highest BCUT2D eigenvalue weighted by atomic mass is 16.1. The Morgan fingerprint density at radius 3 is 2.50 bits per heavy atom. The number of rotatable bonds is 3. The van der Waals surface area contributed by atoms with Gasteiger partial charge in [0.25, 0.3) is 0 Å². The van der Waals surface area contributed by atoms with Gasteiger partial charge in [-0.15, -0.1) is 0 Å². The Labute approximate surface area is 107 Å². The second-order valence-corrected chi connectivity index (χ2v) is 4.79. The Kier molecular flexibility index (Phi) is 3.39. The Morgan fingerprint density at radius 1 is 1.22 bits per heavy atom. The number of hydrogen-bond acceptors (Lipinski definition) is 2. The Hall–Kier alpha value is -1.81. The predicted octanol–water partition coefficient (Wildman–Crippen LogP) is 1.50. The Balaban J connectivity index is 2.21. The zero-order valence-electron chi connectivity index (χ0n) is 11.1. The highest BCUT2D eigenvalue weighted by molar-refractivity contribution is 5.31. The van der Waals surface area contributed by atoms with E-state index in [1.165, 1.54) is 11.1 Å². The predicted molar refractivity (Wildman–Crippen MR) is 72.5 cm³/mol. The minimum atomic E-state index is -0.163. The number of nitrogens with two attached hydrogens (primary N) is 1. The number of benzene rings is 1. The fourth-order valence-electron chi connectivity index (χ4n) is 1.96. The molecule has 18 heavy (non-hydrogen) atoms. The smallest absolute Gasteiger partial charge is 0.322 e. The molecule has 4 nitrogen and oxygen atoms in total. The van der Waals surface area contributed by atoms with Gasteiger partial charge < -0.3 is 10.3 Å². The van der Waals surface area contributed by atoms with Crippen molar-refractivity contribution in [3.05, 3.63) is 57.8 Å². The molecule has 2 aromatic rings. The molecule has 0 saturated heterocycles. The van der Waals surface area contributed by atoms with Crippen molar-refractivity contribution in [2.45, 2.75) is 26.4 Å². The lowest BCUT2D eigenvalue weighted by Gasteiger charge is -2.14. The van der Waals surface area contributed by atoms with E-state index >= 15 is 0 Å². The van der Waals surface area contributed by atoms with E-state index in [1.807, 2.05) is 6.07 Å². The quantitative estimate of drug-likeness (QED) is 0.891. The van der Waals surface area contributed by atoms with Gasteiger partial charge in [0.1, 0.15) is 0 Å². The third-order valence-corrected chi connectivity index (χ3v) is 3.37. The summed E-state index contributed by atoms with van der Waals surface area (Å²) in [6.45, 7) is 4.65. The van der Waals surface area contributed by atoms with Crippen LogP contribution in [-0.4, -0.2) is 9.13 Å². The lowest BCUT2D eigenvalue weighted by atomic mass is 10.0. The summed E-state index contributed by atoms with van der Waals surface area (Å²) in [5.41, 5.74) is 9.66. The van der Waals surface area contributed by atoms with Crippen LogP contribution in [-0.2, 0) is 13.6 Å². The van der Waals surface area contributed by atoms with Gasteiger partial charge in [0.05, 0.1) is 0 Å². The van der Waals surface area contributed by atoms with Crippen molar-refractivity contribution in [3.8, 4) is 0 Å². The van der Waals surface area contributed by atoms with Gasteiger partial charge in [0, 0.05) is 32.0 Å². The monoisotopic (exact) mass is 245 g/mol. The van der Waals surface area contributed by atoms with Crippen molar-refractivity contribution in [3.63, 3.8) is 0 Å². The van der Waals surface area contributed by atoms with Crippen LogP contribution in [0.3, 0.4) is 0 Å². The first-order valence-electron chi connectivity index (χ1n) is 6.03. The maximum Gasteiger partial charge on any atom is 0.327 e. The van der Waals surface area contributed by atoms with Crippen molar-refractivity contribution in [2.24, 2.45) is 12.8 Å². The first-order valence-corrected chi connectivity index (χ1v) is 6.03. The van der Waals surface area contributed by atoms with Crippen molar-refractivity contribution >= 4 is 0 Å². The molecule has 0 bridgehead atoms. The van der Waals surface area contributed by atoms with Gasteiger partial charge in [-0.2, -0.15) is 0 Å². The fourth-order valence-corrected chi connectivity index (χ4v) is 1.96. The van der Waals surface area contributed by atoms with Gasteiger partial charge in [-0.25, -0.2) is 4.79 Å². The zero-order valence-corrected chi connectivity index (χ0v) is 11.1. The molecule has 1 aromatic carbocycles. The van der Waals surface area contributed by atoms with Crippen LogP contribution in [0.15, 0.2) is 35.4 Å². The summed E-state index contributed by atoms with van der Waals surface area (Å²) in [6.07, 6.45) is 3.51. The first-order chi connectivity index (χ1) is 8.49. The van der Waals surface area contributed by atoms with E-state index in [-0.39, 0.29) is 11.7 Å². The fraction of sp³-hybridized carbons (Fsp3) is 0.357. The van der Waals surface area contributed by atoms with Gasteiger partial charge in [0.2, 0.25) is 0 Å². The van der Waals surface area contributed by atoms with E-state index < -0.39 is 0 Å². The van der Waals surface area contributed by atoms with E-state index in [2.05, 4.69) is 26.0 Å². The third kappa shape index (κ3) is 2.38. The molecule has 0 spiro atoms. The van der Waals surface area contributed by atoms with E-state index in [4.69, 9.17) is 5.73 Å². The average molecular weight is 245 g/mol. The van der Waals surface area contributed by atoms with Crippen LogP contribution in [0.1, 0.15) is 22.7 Å². The summed E-state index contributed by atoms with van der Waals surface area (Å²) in [6, 6.07) is 6.03. The highest BCUT2D eigenvalue weighted by Gasteiger charge is 2.09. The summed E-state index contributed by atoms with van der Waals surface area (Å²) in [5.74, 6) is 0. The molecule has 0 saturated carbocycles. The standard InChI is InChI=1S/C14H19N3O/c1-10-4-5-12(8-11(10)2)13(15)9-17-7-6-16(3)14(17)18/h4-8,13H,9,15H2,1-3H3. The molecule has 1 unspecified atom stereocenters. The van der Waals surface area contributed by atoms with E-state index in [0.29, 0.717) is 6.54 Å². The summed E-state index contributed by atoms with van der Waals surface area (Å²) in [5, 5.41) is 0. The molecule has 4 heteroatoms. The summed E-state index contributed by atoms with van der Waals surface area (Å²) in [7, 11) is 1.74. The summed E-state index contributed by atoms with van der Waals surface area (Å²) in [4.78, 5) is 11.7. The second-order valence-electron chi connectivity index (χ2n) is 4.79. The van der Waals surface area contributed by atoms with E-state index in [9.17, 15) is 4.79 Å². The van der Waals surface area contributed by atoms with Crippen molar-refractivity contribution < 1.29 is 0 Å². The number of imidazole rings is 1. The Bertz CT molecular complexity index is 610. The number of aromatic nitrogens is 2. The minimum absolute atomic E-state index is 0.0331. The molecular weight excluding hydrogens is 226 g/mol. The molecule has 0 aliphatic rings. The molecule has 0 amide bonds. The molecular formula is C14H19N3O. The molecule has 0 radical (unpaired) electrons. The molecule has 0 fully saturated rings. The minimum Gasteiger partial charge on any atom is -0.322 e. The van der Waals surface area contributed by atoms with Gasteiger partial charge in [-0.05, 0) is 30.5 Å². The maximum atomic E-state index is 11.7. The van der Waals surface area contributed by atoms with Crippen molar-refractivity contribution in [1.82, 2.24) is 9.13 Å². The first kappa shape index (κ1) is 12.6. The number of aryl methyl sites for hydroxylation is 3. The molecule has 1 atom stereocenters. The van der Waals surface area contributed by atoms with Crippen LogP contribution in [0.2, 0.25) is 0 Å². The Morgan fingerprint density at radius 2 is 1.94 bits per heavy atom. The van der Waals surface area contributed by atoms with Crippen molar-refractivity contribution in [1.29, 1.82) is 0 Å². The van der Waals surface area contributed by atoms with Gasteiger partial charge in [-0.3, -0.25) is 4.57 Å². The van der Waals surface area contributed by atoms with Crippen molar-refractivity contribution in [2.75, 3.05) is 0 Å². The average Bonchev–Trinajstić information content (AvgIpc) is 2.64. The lowest BCUT2D eigenvalue weighted by Crippen LogP contribution is -2.27. The van der Waals surface area contributed by atoms with Crippen LogP contribution >= 0.6 is 0 Å². The van der Waals surface area contributed by atoms with Gasteiger partial charge in [-0.1, -0.05) is 18.2 Å². The molecule has 1 heterocycles. The third-order valence-electron chi connectivity index (χ3n) is 3.37. The summed E-state index contributed by atoms with van der Waals surface area (Å²) >= 11 is 0. The van der Waals surface area contributed by atoms with Crippen LogP contribution in [0.4, 0.5) is 0 Å². The zero-order chi connectivity index (χ0) is 13.3. The number of hydrogen-bond donors (Lipinski definition) is 1. The molecule has 0 aliphatic carbocycles. The van der Waals surface area contributed by atoms with E-state index in [0.717, 1.165) is 5.56 Å². The molecule has 2 N–H and O–H groups in total. The van der Waals surface area contributed by atoms with Crippen LogP contribution < -0.4 is 11.4 Å². The SMILES string of the molecule is Cc1ccc(C(N)Cn2ccn(C)c2=O)cc1C. The van der Waals surface area contributed by atoms with Crippen LogP contribution in [0.5, 0.6) is 0 Å². The highest BCUT2D eigenvalue weighted by Crippen LogP contribution is 2.16. The van der Waals surface area contributed by atoms with Crippen LogP contribution in [0.25, 0.3) is 0 Å². The van der Waals surface area contributed by atoms with Gasteiger partial charge in [0.15, 0.2) is 0 Å². The molecule has 96 valence electrons. The number of nitrogens with zero attached hydrogens (tertiary/aromatic N) is 2. The lowest BCUT2D eigenvalue weighted by molar-refractivity contribution is 0.554. The molecule has 1 aromatic heterocycles. The molecule has 0 aliphatic heterocycles. The second kappa shape index (κ2) is 4.82. The largest absolute Gasteiger partial charge is 0.327 e.